The number of hydrogen-bond donors (Lipinski definition) is 0. The summed E-state index contributed by atoms with van der Waals surface area (Å²) in [4.78, 5) is 16.0. The maximum absolute atomic E-state index is 11.7. The van der Waals surface area contributed by atoms with Crippen molar-refractivity contribution in [2.75, 3.05) is 7.11 Å². The average Bonchev–Trinajstić information content (AvgIpc) is 3.03. The topological polar surface area (TPSA) is 57.0 Å². The summed E-state index contributed by atoms with van der Waals surface area (Å²) in [7, 11) is 1.39. The number of pyridine rings is 1. The Hall–Kier alpha value is -2.17. The zero-order valence-corrected chi connectivity index (χ0v) is 10.8. The van der Waals surface area contributed by atoms with Gasteiger partial charge >= 0.3 is 5.97 Å². The van der Waals surface area contributed by atoms with E-state index in [4.69, 9.17) is 4.74 Å². The van der Waals surface area contributed by atoms with Crippen LogP contribution in [0.15, 0.2) is 24.4 Å². The molecule has 0 aromatic carbocycles. The monoisotopic (exact) mass is 257 g/mol. The maximum atomic E-state index is 11.7. The van der Waals surface area contributed by atoms with Gasteiger partial charge in [-0.1, -0.05) is 6.07 Å². The summed E-state index contributed by atoms with van der Waals surface area (Å²) >= 11 is 0. The molecule has 19 heavy (non-hydrogen) atoms. The van der Waals surface area contributed by atoms with Gasteiger partial charge in [0, 0.05) is 17.5 Å². The van der Waals surface area contributed by atoms with Crippen LogP contribution in [-0.2, 0) is 24.1 Å². The molecule has 0 spiro atoms. The van der Waals surface area contributed by atoms with Gasteiger partial charge in [-0.05, 0) is 31.4 Å². The number of ether oxygens (including phenoxy) is 1. The third kappa shape index (κ3) is 2.12. The number of esters is 1. The second-order valence-corrected chi connectivity index (χ2v) is 4.60. The number of methoxy groups -OCH3 is 1. The van der Waals surface area contributed by atoms with E-state index < -0.39 is 0 Å². The normalized spacial score (nSPS) is 13.3. The van der Waals surface area contributed by atoms with E-state index in [-0.39, 0.29) is 5.97 Å². The molecule has 0 amide bonds. The first-order valence-corrected chi connectivity index (χ1v) is 6.36. The molecular weight excluding hydrogens is 242 g/mol. The molecule has 0 N–H and O–H groups in total. The number of carbonyl (C=O) groups excluding carboxylic acids is 1. The second kappa shape index (κ2) is 4.84. The van der Waals surface area contributed by atoms with Gasteiger partial charge in [-0.2, -0.15) is 5.10 Å². The summed E-state index contributed by atoms with van der Waals surface area (Å²) in [6.45, 7) is 0.597. The molecule has 0 fully saturated rings. The first-order chi connectivity index (χ1) is 9.29. The molecule has 5 nitrogen and oxygen atoms in total. The van der Waals surface area contributed by atoms with Crippen molar-refractivity contribution in [3.8, 4) is 0 Å². The van der Waals surface area contributed by atoms with Crippen molar-refractivity contribution in [3.05, 3.63) is 47.0 Å². The van der Waals surface area contributed by atoms with Crippen LogP contribution in [0.4, 0.5) is 0 Å². The Morgan fingerprint density at radius 1 is 1.42 bits per heavy atom. The fourth-order valence-corrected chi connectivity index (χ4v) is 2.55. The van der Waals surface area contributed by atoms with Gasteiger partial charge in [0.25, 0.3) is 0 Å². The van der Waals surface area contributed by atoms with E-state index in [1.54, 1.807) is 6.20 Å². The molecule has 1 aliphatic carbocycles. The third-order valence-electron chi connectivity index (χ3n) is 3.42. The Kier molecular flexibility index (Phi) is 3.03. The van der Waals surface area contributed by atoms with Crippen molar-refractivity contribution in [2.24, 2.45) is 0 Å². The number of rotatable bonds is 3. The summed E-state index contributed by atoms with van der Waals surface area (Å²) < 4.78 is 6.68. The molecule has 0 saturated heterocycles. The van der Waals surface area contributed by atoms with Gasteiger partial charge in [0.1, 0.15) is 0 Å². The van der Waals surface area contributed by atoms with E-state index in [0.717, 1.165) is 36.2 Å². The van der Waals surface area contributed by atoms with Crippen LogP contribution in [0.1, 0.15) is 33.9 Å². The molecule has 0 saturated carbocycles. The first kappa shape index (κ1) is 11.9. The Labute approximate surface area is 111 Å². The van der Waals surface area contributed by atoms with Gasteiger partial charge in [0.15, 0.2) is 5.69 Å². The van der Waals surface area contributed by atoms with E-state index in [1.807, 2.05) is 22.9 Å². The minimum atomic E-state index is -0.349. The molecule has 98 valence electrons. The van der Waals surface area contributed by atoms with Crippen LogP contribution in [0.3, 0.4) is 0 Å². The van der Waals surface area contributed by atoms with E-state index >= 15 is 0 Å². The highest BCUT2D eigenvalue weighted by molar-refractivity contribution is 5.89. The van der Waals surface area contributed by atoms with Crippen LogP contribution in [-0.4, -0.2) is 27.8 Å². The fraction of sp³-hybridized carbons (Fsp3) is 0.357. The highest BCUT2D eigenvalue weighted by atomic mass is 16.5. The summed E-state index contributed by atoms with van der Waals surface area (Å²) in [6.07, 6.45) is 4.70. The van der Waals surface area contributed by atoms with Crippen molar-refractivity contribution in [1.29, 1.82) is 0 Å². The molecule has 0 unspecified atom stereocenters. The molecule has 0 bridgehead atoms. The SMILES string of the molecule is COC(=O)c1nn(Cc2ccccn2)c2c1CCC2. The smallest absolute Gasteiger partial charge is 0.358 e. The average molecular weight is 257 g/mol. The highest BCUT2D eigenvalue weighted by Crippen LogP contribution is 2.26. The molecule has 0 aliphatic heterocycles. The van der Waals surface area contributed by atoms with E-state index in [1.165, 1.54) is 7.11 Å². The molecule has 2 heterocycles. The lowest BCUT2D eigenvalue weighted by Gasteiger charge is -2.04. The lowest BCUT2D eigenvalue weighted by Crippen LogP contribution is -2.09. The third-order valence-corrected chi connectivity index (χ3v) is 3.42. The molecule has 0 radical (unpaired) electrons. The summed E-state index contributed by atoms with van der Waals surface area (Å²) in [5.74, 6) is -0.349. The predicted molar refractivity (Wildman–Crippen MR) is 68.9 cm³/mol. The molecule has 3 rings (SSSR count). The number of fused-ring (bicyclic) bond motifs is 1. The summed E-state index contributed by atoms with van der Waals surface area (Å²) in [5.41, 5.74) is 3.59. The quantitative estimate of drug-likeness (QED) is 0.784. The van der Waals surface area contributed by atoms with E-state index in [0.29, 0.717) is 12.2 Å². The van der Waals surface area contributed by atoms with Gasteiger partial charge in [-0.25, -0.2) is 4.79 Å². The van der Waals surface area contributed by atoms with Crippen molar-refractivity contribution >= 4 is 5.97 Å². The van der Waals surface area contributed by atoms with Crippen LogP contribution in [0.5, 0.6) is 0 Å². The molecule has 5 heteroatoms. The lowest BCUT2D eigenvalue weighted by molar-refractivity contribution is 0.0592. The van der Waals surface area contributed by atoms with Crippen molar-refractivity contribution in [3.63, 3.8) is 0 Å². The van der Waals surface area contributed by atoms with Crippen molar-refractivity contribution in [1.82, 2.24) is 14.8 Å². The maximum Gasteiger partial charge on any atom is 0.358 e. The summed E-state index contributed by atoms with van der Waals surface area (Å²) in [5, 5.41) is 4.40. The Bertz CT molecular complexity index is 605. The van der Waals surface area contributed by atoms with Gasteiger partial charge in [-0.15, -0.1) is 0 Å². The van der Waals surface area contributed by atoms with E-state index in [2.05, 4.69) is 10.1 Å². The number of nitrogens with zero attached hydrogens (tertiary/aromatic N) is 3. The Morgan fingerprint density at radius 2 is 2.32 bits per heavy atom. The van der Waals surface area contributed by atoms with E-state index in [9.17, 15) is 4.79 Å². The highest BCUT2D eigenvalue weighted by Gasteiger charge is 2.26. The Balaban J connectivity index is 1.96. The van der Waals surface area contributed by atoms with Crippen LogP contribution < -0.4 is 0 Å². The van der Waals surface area contributed by atoms with Crippen molar-refractivity contribution < 1.29 is 9.53 Å². The minimum absolute atomic E-state index is 0.349. The van der Waals surface area contributed by atoms with Crippen LogP contribution in [0.25, 0.3) is 0 Å². The molecule has 1 aliphatic rings. The number of aromatic nitrogens is 3. The number of hydrogen-bond acceptors (Lipinski definition) is 4. The van der Waals surface area contributed by atoms with Crippen LogP contribution in [0, 0.1) is 0 Å². The molecule has 2 aromatic heterocycles. The predicted octanol–water partition coefficient (Wildman–Crippen LogP) is 1.60. The van der Waals surface area contributed by atoms with Crippen LogP contribution >= 0.6 is 0 Å². The Morgan fingerprint density at radius 3 is 3.05 bits per heavy atom. The zero-order chi connectivity index (χ0) is 13.2. The van der Waals surface area contributed by atoms with Gasteiger partial charge in [0.2, 0.25) is 0 Å². The van der Waals surface area contributed by atoms with Gasteiger partial charge in [-0.3, -0.25) is 9.67 Å². The number of carbonyl (C=O) groups is 1. The minimum Gasteiger partial charge on any atom is -0.464 e. The summed E-state index contributed by atoms with van der Waals surface area (Å²) in [6, 6.07) is 5.80. The van der Waals surface area contributed by atoms with Crippen LogP contribution in [0.2, 0.25) is 0 Å². The second-order valence-electron chi connectivity index (χ2n) is 4.60. The first-order valence-electron chi connectivity index (χ1n) is 6.36. The van der Waals surface area contributed by atoms with Crippen molar-refractivity contribution in [2.45, 2.75) is 25.8 Å². The zero-order valence-electron chi connectivity index (χ0n) is 10.8. The largest absolute Gasteiger partial charge is 0.464 e. The standard InChI is InChI=1S/C14H15N3O2/c1-19-14(18)13-11-6-4-7-12(11)17(16-13)9-10-5-2-3-8-15-10/h2-3,5,8H,4,6-7,9H2,1H3. The molecule has 2 aromatic rings. The van der Waals surface area contributed by atoms with Gasteiger partial charge < -0.3 is 4.74 Å². The lowest BCUT2D eigenvalue weighted by atomic mass is 10.2. The fourth-order valence-electron chi connectivity index (χ4n) is 2.55. The molecular formula is C14H15N3O2. The molecule has 0 atom stereocenters. The van der Waals surface area contributed by atoms with Gasteiger partial charge in [0.05, 0.1) is 19.3 Å².